The van der Waals surface area contributed by atoms with Gasteiger partial charge < -0.3 is 0 Å². The maximum Gasteiger partial charge on any atom is 0.0714 e. The van der Waals surface area contributed by atoms with E-state index in [4.69, 9.17) is 11.6 Å². The highest BCUT2D eigenvalue weighted by Crippen LogP contribution is 2.66. The van der Waals surface area contributed by atoms with Gasteiger partial charge in [-0.15, -0.1) is 0 Å². The molecule has 1 saturated carbocycles. The van der Waals surface area contributed by atoms with E-state index < -0.39 is 0 Å². The van der Waals surface area contributed by atoms with Crippen LogP contribution in [0.5, 0.6) is 0 Å². The molecule has 1 heteroatoms. The summed E-state index contributed by atoms with van der Waals surface area (Å²) >= 11 is 0. The molecule has 3 atom stereocenters. The van der Waals surface area contributed by atoms with Crippen LogP contribution in [0, 0.1) is 5.92 Å². The molecule has 0 N–H and O–H groups in total. The smallest absolute Gasteiger partial charge is 0.0714 e. The van der Waals surface area contributed by atoms with E-state index >= 15 is 0 Å². The van der Waals surface area contributed by atoms with Gasteiger partial charge in [0.05, 0.1) is 5.69 Å². The Kier molecular flexibility index (Phi) is 5.39. The van der Waals surface area contributed by atoms with Crippen LogP contribution in [0.3, 0.4) is 0 Å². The van der Waals surface area contributed by atoms with E-state index in [0.717, 1.165) is 40.1 Å². The molecule has 0 spiro atoms. The van der Waals surface area contributed by atoms with Crippen LogP contribution in [0.2, 0.25) is 0 Å². The molecule has 1 heterocycles. The summed E-state index contributed by atoms with van der Waals surface area (Å²) in [5, 5.41) is 5.50. The predicted octanol–water partition coefficient (Wildman–Crippen LogP) is 9.63. The number of hydrogen-bond acceptors (Lipinski definition) is 1. The van der Waals surface area contributed by atoms with Gasteiger partial charge in [-0.25, -0.2) is 0 Å². The molecule has 1 aliphatic heterocycles. The molecule has 5 aromatic carbocycles. The zero-order valence-electron chi connectivity index (χ0n) is 26.4. The fourth-order valence-corrected chi connectivity index (χ4v) is 9.00. The van der Waals surface area contributed by atoms with Crippen LogP contribution in [0.15, 0.2) is 157 Å². The fourth-order valence-electron chi connectivity index (χ4n) is 9.00. The van der Waals surface area contributed by atoms with Crippen molar-refractivity contribution in [3.8, 4) is 11.1 Å². The van der Waals surface area contributed by atoms with Gasteiger partial charge in [0, 0.05) is 34.1 Å². The minimum atomic E-state index is -0.247. The van der Waals surface area contributed by atoms with Crippen LogP contribution < -0.4 is 10.4 Å². The van der Waals surface area contributed by atoms with Crippen molar-refractivity contribution in [3.63, 3.8) is 0 Å². The maximum atomic E-state index is 5.32. The van der Waals surface area contributed by atoms with Crippen LogP contribution >= 0.6 is 0 Å². The van der Waals surface area contributed by atoms with E-state index in [2.05, 4.69) is 147 Å². The second-order valence-corrected chi connectivity index (χ2v) is 13.6. The molecule has 5 aromatic rings. The number of allylic oxidation sites excluding steroid dienone is 7. The molecular weight excluding hydrogens is 567 g/mol. The lowest BCUT2D eigenvalue weighted by atomic mass is 9.77. The Labute approximate surface area is 275 Å². The first-order valence-corrected chi connectivity index (χ1v) is 16.7. The minimum absolute atomic E-state index is 0.223. The fraction of sp³-hybridized carbons (Fsp3) is 0.109. The van der Waals surface area contributed by atoms with Gasteiger partial charge in [0.1, 0.15) is 0 Å². The largest absolute Gasteiger partial charge is 0.252 e. The summed E-state index contributed by atoms with van der Waals surface area (Å²) in [5.74, 6) is 0.655. The van der Waals surface area contributed by atoms with E-state index in [1.54, 1.807) is 0 Å². The highest BCUT2D eigenvalue weighted by Gasteiger charge is 2.60. The Morgan fingerprint density at radius 2 is 1.57 bits per heavy atom. The highest BCUT2D eigenvalue weighted by atomic mass is 14.8. The SMILES string of the molecule is C=C1c2ccc([C@]34C=CC=C(C5=c6ccc7cccc8c7c6C(C=C5)CC=8)C3C4=C)cc2N=C(C)c2ccccc2-c2ccccc21. The van der Waals surface area contributed by atoms with Crippen LogP contribution in [0.4, 0.5) is 5.69 Å². The summed E-state index contributed by atoms with van der Waals surface area (Å²) in [6.07, 6.45) is 15.2. The van der Waals surface area contributed by atoms with Gasteiger partial charge in [-0.05, 0) is 85.2 Å². The first kappa shape index (κ1) is 26.7. The normalized spacial score (nSPS) is 22.9. The molecule has 0 bridgehead atoms. The van der Waals surface area contributed by atoms with Crippen LogP contribution in [0.25, 0.3) is 39.1 Å². The third-order valence-electron chi connectivity index (χ3n) is 11.3. The molecule has 222 valence electrons. The Morgan fingerprint density at radius 1 is 0.787 bits per heavy atom. The van der Waals surface area contributed by atoms with Crippen LogP contribution in [0.1, 0.15) is 47.1 Å². The number of nitrogens with zero attached hydrogens (tertiary/aromatic N) is 1. The summed E-state index contributed by atoms with van der Waals surface area (Å²) in [7, 11) is 0. The van der Waals surface area contributed by atoms with Gasteiger partial charge in [0.2, 0.25) is 0 Å². The quantitative estimate of drug-likeness (QED) is 0.179. The second-order valence-electron chi connectivity index (χ2n) is 13.6. The molecule has 0 aromatic heterocycles. The lowest BCUT2D eigenvalue weighted by Crippen LogP contribution is -2.26. The minimum Gasteiger partial charge on any atom is -0.252 e. The van der Waals surface area contributed by atoms with Gasteiger partial charge in [-0.1, -0.05) is 146 Å². The summed E-state index contributed by atoms with van der Waals surface area (Å²) in [5.41, 5.74) is 15.2. The Bertz CT molecular complexity index is 2550. The second kappa shape index (κ2) is 9.50. The number of hydrogen-bond donors (Lipinski definition) is 0. The topological polar surface area (TPSA) is 12.4 Å². The van der Waals surface area contributed by atoms with E-state index in [1.807, 2.05) is 0 Å². The molecule has 10 rings (SSSR count). The van der Waals surface area contributed by atoms with Crippen molar-refractivity contribution in [1.82, 2.24) is 0 Å². The lowest BCUT2D eigenvalue weighted by Gasteiger charge is -2.26. The summed E-state index contributed by atoms with van der Waals surface area (Å²) in [4.78, 5) is 5.32. The highest BCUT2D eigenvalue weighted by molar-refractivity contribution is 6.08. The third kappa shape index (κ3) is 3.57. The Hall–Kier alpha value is -5.53. The number of rotatable bonds is 2. The lowest BCUT2D eigenvalue weighted by molar-refractivity contribution is 0.802. The molecular formula is C46H33N. The summed E-state index contributed by atoms with van der Waals surface area (Å²) < 4.78 is 0. The van der Waals surface area contributed by atoms with Crippen molar-refractivity contribution in [2.45, 2.75) is 24.7 Å². The summed E-state index contributed by atoms with van der Waals surface area (Å²) in [6, 6.07) is 35.4. The Morgan fingerprint density at radius 3 is 2.43 bits per heavy atom. The van der Waals surface area contributed by atoms with Gasteiger partial charge in [0.15, 0.2) is 0 Å². The standard InChI is InChI=1S/C46H33N/c1-27-34-12-4-6-14-37(34)38-15-7-5-13-36(38)29(3)47-42-26-33(21-24-35(27)42)46-25-9-16-41(45(46)28(46)2)39-22-19-32-18-17-30-10-8-11-31-20-23-40(39)44(32)43(30)31/h4-17,19-26,32,45H,1-2,18H2,3H3/t32?,45?,46-/m1/s1. The summed E-state index contributed by atoms with van der Waals surface area (Å²) in [6.45, 7) is 11.5. The molecule has 0 radical (unpaired) electrons. The van der Waals surface area contributed by atoms with Crippen molar-refractivity contribution in [3.05, 3.63) is 190 Å². The maximum absolute atomic E-state index is 5.32. The van der Waals surface area contributed by atoms with Gasteiger partial charge in [0.25, 0.3) is 0 Å². The molecule has 0 amide bonds. The first-order valence-electron chi connectivity index (χ1n) is 16.7. The van der Waals surface area contributed by atoms with Crippen molar-refractivity contribution >= 4 is 39.4 Å². The van der Waals surface area contributed by atoms with Crippen molar-refractivity contribution in [2.24, 2.45) is 10.9 Å². The Balaban J connectivity index is 1.13. The van der Waals surface area contributed by atoms with Crippen molar-refractivity contribution in [1.29, 1.82) is 0 Å². The van der Waals surface area contributed by atoms with Crippen molar-refractivity contribution in [2.75, 3.05) is 0 Å². The van der Waals surface area contributed by atoms with E-state index in [-0.39, 0.29) is 11.3 Å². The number of fused-ring (bicyclic) bond motifs is 5. The van der Waals surface area contributed by atoms with Crippen molar-refractivity contribution < 1.29 is 0 Å². The molecule has 0 saturated heterocycles. The van der Waals surface area contributed by atoms with Gasteiger partial charge in [-0.2, -0.15) is 0 Å². The third-order valence-corrected chi connectivity index (χ3v) is 11.3. The number of aliphatic imine (C=N–C) groups is 1. The van der Waals surface area contributed by atoms with Gasteiger partial charge in [-0.3, -0.25) is 4.99 Å². The average Bonchev–Trinajstić information content (AvgIpc) is 3.74. The van der Waals surface area contributed by atoms with Gasteiger partial charge >= 0.3 is 0 Å². The predicted molar refractivity (Wildman–Crippen MR) is 197 cm³/mol. The first-order chi connectivity index (χ1) is 23.0. The zero-order chi connectivity index (χ0) is 31.4. The monoisotopic (exact) mass is 599 g/mol. The molecule has 5 aliphatic rings. The van der Waals surface area contributed by atoms with E-state index in [9.17, 15) is 0 Å². The van der Waals surface area contributed by atoms with Crippen LogP contribution in [-0.2, 0) is 5.41 Å². The molecule has 1 fully saturated rings. The molecule has 47 heavy (non-hydrogen) atoms. The molecule has 2 unspecified atom stereocenters. The number of benzene rings is 5. The van der Waals surface area contributed by atoms with Crippen LogP contribution in [-0.4, -0.2) is 5.71 Å². The van der Waals surface area contributed by atoms with E-state index in [1.165, 1.54) is 60.2 Å². The molecule has 1 nitrogen and oxygen atoms in total. The van der Waals surface area contributed by atoms with E-state index in [0.29, 0.717) is 5.92 Å². The average molecular weight is 600 g/mol. The molecule has 4 aliphatic carbocycles. The zero-order valence-corrected chi connectivity index (χ0v) is 26.4.